The second-order valence-electron chi connectivity index (χ2n) is 7.87. The van der Waals surface area contributed by atoms with Crippen molar-refractivity contribution >= 4 is 11.8 Å². The number of carbonyl (C=O) groups is 2. The highest BCUT2D eigenvalue weighted by molar-refractivity contribution is 5.87. The van der Waals surface area contributed by atoms with Gasteiger partial charge in [-0.05, 0) is 61.3 Å². The summed E-state index contributed by atoms with van der Waals surface area (Å²) in [5.41, 5.74) is 1.96. The van der Waals surface area contributed by atoms with Gasteiger partial charge in [-0.3, -0.25) is 9.59 Å². The van der Waals surface area contributed by atoms with Crippen molar-refractivity contribution in [3.8, 4) is 0 Å². The van der Waals surface area contributed by atoms with Gasteiger partial charge in [-0.25, -0.2) is 4.39 Å². The molecule has 2 heterocycles. The maximum Gasteiger partial charge on any atom is 0.242 e. The molecule has 1 saturated heterocycles. The average Bonchev–Trinajstić information content (AvgIpc) is 2.61. The second-order valence-corrected chi connectivity index (χ2v) is 7.87. The van der Waals surface area contributed by atoms with Crippen LogP contribution in [0.1, 0.15) is 49.8 Å². The highest BCUT2D eigenvalue weighted by Crippen LogP contribution is 2.35. The maximum atomic E-state index is 13.7. The summed E-state index contributed by atoms with van der Waals surface area (Å²) in [5, 5.41) is 0. The van der Waals surface area contributed by atoms with E-state index in [0.717, 1.165) is 43.2 Å². The van der Waals surface area contributed by atoms with Crippen molar-refractivity contribution in [1.29, 1.82) is 0 Å². The molecule has 1 saturated carbocycles. The summed E-state index contributed by atoms with van der Waals surface area (Å²) in [4.78, 5) is 29.1. The quantitative estimate of drug-likeness (QED) is 0.786. The summed E-state index contributed by atoms with van der Waals surface area (Å²) in [5.74, 6) is 0.562. The highest BCUT2D eigenvalue weighted by Gasteiger charge is 2.40. The lowest BCUT2D eigenvalue weighted by Gasteiger charge is -2.45. The van der Waals surface area contributed by atoms with Gasteiger partial charge in [0, 0.05) is 19.0 Å². The fourth-order valence-corrected chi connectivity index (χ4v) is 4.62. The normalized spacial score (nSPS) is 29.2. The summed E-state index contributed by atoms with van der Waals surface area (Å²) in [7, 11) is 0. The van der Waals surface area contributed by atoms with E-state index in [0.29, 0.717) is 19.0 Å². The van der Waals surface area contributed by atoms with E-state index < -0.39 is 0 Å². The smallest absolute Gasteiger partial charge is 0.242 e. The van der Waals surface area contributed by atoms with Gasteiger partial charge in [0.15, 0.2) is 0 Å². The standard InChI is InChI=1S/C20H25FN2O2/c1-13-2-4-15(5-3-13)20(25)22-11-18-17-10-16(21)7-6-14(17)8-9-23(18)19(24)12-22/h6-7,10,13,15,18H,2-5,8-9,11-12H2,1H3/t13?,15?,18-/m0/s1. The van der Waals surface area contributed by atoms with E-state index in [2.05, 4.69) is 6.92 Å². The fraction of sp³-hybridized carbons (Fsp3) is 0.600. The predicted molar refractivity (Wildman–Crippen MR) is 92.3 cm³/mol. The number of hydrogen-bond acceptors (Lipinski definition) is 2. The zero-order valence-corrected chi connectivity index (χ0v) is 14.7. The molecule has 0 bridgehead atoms. The molecule has 1 aromatic carbocycles. The summed E-state index contributed by atoms with van der Waals surface area (Å²) >= 11 is 0. The molecule has 1 atom stereocenters. The number of nitrogens with zero attached hydrogens (tertiary/aromatic N) is 2. The molecule has 5 heteroatoms. The van der Waals surface area contributed by atoms with Crippen LogP contribution in [0.25, 0.3) is 0 Å². The van der Waals surface area contributed by atoms with E-state index >= 15 is 0 Å². The maximum absolute atomic E-state index is 13.7. The molecule has 0 spiro atoms. The van der Waals surface area contributed by atoms with Gasteiger partial charge in [0.2, 0.25) is 11.8 Å². The Hall–Kier alpha value is -1.91. The number of hydrogen-bond donors (Lipinski definition) is 0. The first-order valence-electron chi connectivity index (χ1n) is 9.39. The van der Waals surface area contributed by atoms with Gasteiger partial charge in [-0.1, -0.05) is 13.0 Å². The van der Waals surface area contributed by atoms with Gasteiger partial charge < -0.3 is 9.80 Å². The van der Waals surface area contributed by atoms with E-state index in [9.17, 15) is 14.0 Å². The largest absolute Gasteiger partial charge is 0.332 e. The van der Waals surface area contributed by atoms with Gasteiger partial charge in [0.05, 0.1) is 12.6 Å². The fourth-order valence-electron chi connectivity index (χ4n) is 4.62. The molecule has 134 valence electrons. The molecule has 0 N–H and O–H groups in total. The minimum Gasteiger partial charge on any atom is -0.332 e. The lowest BCUT2D eigenvalue weighted by molar-refractivity contribution is -0.152. The van der Waals surface area contributed by atoms with Crippen molar-refractivity contribution in [2.75, 3.05) is 19.6 Å². The van der Waals surface area contributed by atoms with Gasteiger partial charge in [-0.15, -0.1) is 0 Å². The molecular weight excluding hydrogens is 319 g/mol. The molecule has 0 radical (unpaired) electrons. The first-order valence-corrected chi connectivity index (χ1v) is 9.39. The zero-order valence-electron chi connectivity index (χ0n) is 14.7. The van der Waals surface area contributed by atoms with Gasteiger partial charge in [0.25, 0.3) is 0 Å². The first-order chi connectivity index (χ1) is 12.0. The Kier molecular flexibility index (Phi) is 4.26. The Labute approximate surface area is 148 Å². The van der Waals surface area contributed by atoms with Crippen molar-refractivity contribution in [2.24, 2.45) is 11.8 Å². The molecular formula is C20H25FN2O2. The summed E-state index contributed by atoms with van der Waals surface area (Å²) in [6.07, 6.45) is 4.77. The number of piperazine rings is 1. The molecule has 1 aromatic rings. The lowest BCUT2D eigenvalue weighted by Crippen LogP contribution is -2.56. The van der Waals surface area contributed by atoms with Crippen molar-refractivity contribution in [2.45, 2.75) is 45.1 Å². The van der Waals surface area contributed by atoms with Crippen molar-refractivity contribution in [3.63, 3.8) is 0 Å². The van der Waals surface area contributed by atoms with Crippen LogP contribution >= 0.6 is 0 Å². The van der Waals surface area contributed by atoms with Crippen LogP contribution in [-0.4, -0.2) is 41.2 Å². The van der Waals surface area contributed by atoms with Crippen LogP contribution in [0, 0.1) is 17.7 Å². The highest BCUT2D eigenvalue weighted by atomic mass is 19.1. The van der Waals surface area contributed by atoms with Crippen LogP contribution in [0.15, 0.2) is 18.2 Å². The molecule has 1 aliphatic carbocycles. The second kappa shape index (κ2) is 6.43. The van der Waals surface area contributed by atoms with E-state index in [4.69, 9.17) is 0 Å². The number of rotatable bonds is 1. The van der Waals surface area contributed by atoms with Crippen LogP contribution < -0.4 is 0 Å². The van der Waals surface area contributed by atoms with Crippen molar-refractivity contribution in [3.05, 3.63) is 35.1 Å². The summed E-state index contributed by atoms with van der Waals surface area (Å²) in [6.45, 7) is 3.56. The first kappa shape index (κ1) is 16.6. The van der Waals surface area contributed by atoms with Gasteiger partial charge in [0.1, 0.15) is 5.82 Å². The molecule has 2 amide bonds. The minimum absolute atomic E-state index is 0.0105. The summed E-state index contributed by atoms with van der Waals surface area (Å²) in [6, 6.07) is 4.63. The number of carbonyl (C=O) groups excluding carboxylic acids is 2. The molecule has 25 heavy (non-hydrogen) atoms. The zero-order chi connectivity index (χ0) is 17.6. The van der Waals surface area contributed by atoms with Crippen LogP contribution in [0.4, 0.5) is 4.39 Å². The Bertz CT molecular complexity index is 697. The van der Waals surface area contributed by atoms with Gasteiger partial charge in [-0.2, -0.15) is 0 Å². The number of halogens is 1. The average molecular weight is 344 g/mol. The molecule has 4 rings (SSSR count). The Morgan fingerprint density at radius 2 is 1.96 bits per heavy atom. The molecule has 2 fully saturated rings. The van der Waals surface area contributed by atoms with Crippen LogP contribution in [-0.2, 0) is 16.0 Å². The van der Waals surface area contributed by atoms with E-state index in [1.807, 2.05) is 11.0 Å². The topological polar surface area (TPSA) is 40.6 Å². The minimum atomic E-state index is -0.280. The van der Waals surface area contributed by atoms with Crippen molar-refractivity contribution in [1.82, 2.24) is 9.80 Å². The monoisotopic (exact) mass is 344 g/mol. The number of benzene rings is 1. The van der Waals surface area contributed by atoms with Crippen LogP contribution in [0.3, 0.4) is 0 Å². The van der Waals surface area contributed by atoms with E-state index in [1.54, 1.807) is 4.90 Å². The predicted octanol–water partition coefficient (Wildman–Crippen LogP) is 2.92. The molecule has 0 aromatic heterocycles. The van der Waals surface area contributed by atoms with Crippen molar-refractivity contribution < 1.29 is 14.0 Å². The van der Waals surface area contributed by atoms with Gasteiger partial charge >= 0.3 is 0 Å². The Morgan fingerprint density at radius 3 is 2.72 bits per heavy atom. The molecule has 0 unspecified atom stereocenters. The van der Waals surface area contributed by atoms with E-state index in [-0.39, 0.29) is 36.1 Å². The summed E-state index contributed by atoms with van der Waals surface area (Å²) < 4.78 is 13.7. The third-order valence-electron chi connectivity index (χ3n) is 6.18. The third-order valence-corrected chi connectivity index (χ3v) is 6.18. The third kappa shape index (κ3) is 3.05. The lowest BCUT2D eigenvalue weighted by atomic mass is 9.82. The molecule has 2 aliphatic heterocycles. The number of fused-ring (bicyclic) bond motifs is 3. The number of amides is 2. The molecule has 3 aliphatic rings. The van der Waals surface area contributed by atoms with Crippen LogP contribution in [0.5, 0.6) is 0 Å². The SMILES string of the molecule is CC1CCC(C(=O)N2CC(=O)N3CCc4ccc(F)cc4[C@@H]3C2)CC1. The molecule has 4 nitrogen and oxygen atoms in total. The van der Waals surface area contributed by atoms with Crippen LogP contribution in [0.2, 0.25) is 0 Å². The Morgan fingerprint density at radius 1 is 1.20 bits per heavy atom. The Balaban J connectivity index is 1.56. The van der Waals surface area contributed by atoms with E-state index in [1.165, 1.54) is 12.1 Å².